The van der Waals surface area contributed by atoms with E-state index in [9.17, 15) is 0 Å². The van der Waals surface area contributed by atoms with Gasteiger partial charge in [0.05, 0.1) is 17.4 Å². The standard InChI is InChI=1S/C16H17N3O/c1-19-15(9-14(18-19)13-6-4-8-17-13)12-10-20-16-7-3-2-5-11(12)16/h2-3,5,7,9-10,13,17H,4,6,8H2,1H3. The maximum absolute atomic E-state index is 5.64. The van der Waals surface area contributed by atoms with Crippen molar-refractivity contribution in [1.29, 1.82) is 0 Å². The lowest BCUT2D eigenvalue weighted by Gasteiger charge is -2.04. The molecule has 1 aromatic carbocycles. The first kappa shape index (κ1) is 11.7. The maximum atomic E-state index is 5.64. The van der Waals surface area contributed by atoms with Gasteiger partial charge < -0.3 is 9.73 Å². The van der Waals surface area contributed by atoms with Crippen LogP contribution in [0.1, 0.15) is 24.6 Å². The normalized spacial score (nSPS) is 18.9. The Morgan fingerprint density at radius 3 is 3.10 bits per heavy atom. The molecule has 20 heavy (non-hydrogen) atoms. The molecule has 1 fully saturated rings. The summed E-state index contributed by atoms with van der Waals surface area (Å²) in [4.78, 5) is 0. The van der Waals surface area contributed by atoms with E-state index in [1.165, 1.54) is 12.8 Å². The Hall–Kier alpha value is -2.07. The number of furan rings is 1. The van der Waals surface area contributed by atoms with Crippen molar-refractivity contribution in [2.45, 2.75) is 18.9 Å². The molecule has 1 aliphatic rings. The van der Waals surface area contributed by atoms with Crippen molar-refractivity contribution in [3.05, 3.63) is 42.3 Å². The Morgan fingerprint density at radius 1 is 1.35 bits per heavy atom. The molecule has 0 radical (unpaired) electrons. The Labute approximate surface area is 117 Å². The summed E-state index contributed by atoms with van der Waals surface area (Å²) in [6.45, 7) is 1.09. The fourth-order valence-corrected chi connectivity index (χ4v) is 3.02. The van der Waals surface area contributed by atoms with Gasteiger partial charge in [0, 0.05) is 18.0 Å². The molecule has 0 spiro atoms. The topological polar surface area (TPSA) is 43.0 Å². The van der Waals surface area contributed by atoms with E-state index >= 15 is 0 Å². The number of nitrogens with zero attached hydrogens (tertiary/aromatic N) is 2. The fraction of sp³-hybridized carbons (Fsp3) is 0.312. The molecule has 102 valence electrons. The molecule has 1 saturated heterocycles. The van der Waals surface area contributed by atoms with Crippen LogP contribution in [0.15, 0.2) is 41.0 Å². The third kappa shape index (κ3) is 1.76. The first-order chi connectivity index (χ1) is 9.83. The lowest BCUT2D eigenvalue weighted by atomic mass is 10.1. The Morgan fingerprint density at radius 2 is 2.25 bits per heavy atom. The number of nitrogens with one attached hydrogen (secondary N) is 1. The molecule has 1 atom stereocenters. The molecule has 4 nitrogen and oxygen atoms in total. The third-order valence-electron chi connectivity index (χ3n) is 4.07. The highest BCUT2D eigenvalue weighted by Gasteiger charge is 2.21. The number of benzene rings is 1. The van der Waals surface area contributed by atoms with E-state index in [1.807, 2.05) is 36.2 Å². The molecule has 1 unspecified atom stereocenters. The second-order valence-electron chi connectivity index (χ2n) is 5.37. The number of para-hydroxylation sites is 1. The quantitative estimate of drug-likeness (QED) is 0.775. The van der Waals surface area contributed by atoms with Gasteiger partial charge in [0.15, 0.2) is 0 Å². The van der Waals surface area contributed by atoms with Gasteiger partial charge in [-0.3, -0.25) is 4.68 Å². The molecule has 2 aromatic heterocycles. The largest absolute Gasteiger partial charge is 0.464 e. The van der Waals surface area contributed by atoms with Crippen molar-refractivity contribution in [2.24, 2.45) is 7.05 Å². The van der Waals surface area contributed by atoms with Crippen molar-refractivity contribution in [3.8, 4) is 11.3 Å². The van der Waals surface area contributed by atoms with Crippen molar-refractivity contribution in [2.75, 3.05) is 6.54 Å². The molecule has 0 amide bonds. The minimum Gasteiger partial charge on any atom is -0.464 e. The Kier molecular flexibility index (Phi) is 2.63. The lowest BCUT2D eigenvalue weighted by Crippen LogP contribution is -2.13. The number of rotatable bonds is 2. The Balaban J connectivity index is 1.81. The van der Waals surface area contributed by atoms with E-state index in [0.717, 1.165) is 34.5 Å². The molecule has 0 saturated carbocycles. The van der Waals surface area contributed by atoms with Crippen LogP contribution in [0.25, 0.3) is 22.2 Å². The van der Waals surface area contributed by atoms with Crippen LogP contribution in [0.5, 0.6) is 0 Å². The van der Waals surface area contributed by atoms with Gasteiger partial charge in [0.25, 0.3) is 0 Å². The van der Waals surface area contributed by atoms with E-state index < -0.39 is 0 Å². The predicted octanol–water partition coefficient (Wildman–Crippen LogP) is 3.26. The van der Waals surface area contributed by atoms with E-state index in [-0.39, 0.29) is 0 Å². The highest BCUT2D eigenvalue weighted by molar-refractivity contribution is 5.93. The van der Waals surface area contributed by atoms with Gasteiger partial charge in [-0.15, -0.1) is 0 Å². The molecule has 0 bridgehead atoms. The van der Waals surface area contributed by atoms with Crippen LogP contribution in [-0.2, 0) is 7.05 Å². The predicted molar refractivity (Wildman–Crippen MR) is 78.4 cm³/mol. The highest BCUT2D eigenvalue weighted by Crippen LogP contribution is 2.32. The summed E-state index contributed by atoms with van der Waals surface area (Å²) in [7, 11) is 2.00. The molecular weight excluding hydrogens is 250 g/mol. The molecule has 3 heterocycles. The summed E-state index contributed by atoms with van der Waals surface area (Å²) in [6, 6.07) is 10.7. The maximum Gasteiger partial charge on any atom is 0.134 e. The van der Waals surface area contributed by atoms with Crippen molar-refractivity contribution >= 4 is 11.0 Å². The number of fused-ring (bicyclic) bond motifs is 1. The molecule has 0 aliphatic carbocycles. The number of aromatic nitrogens is 2. The first-order valence-electron chi connectivity index (χ1n) is 7.07. The summed E-state index contributed by atoms with van der Waals surface area (Å²) < 4.78 is 7.59. The molecule has 3 aromatic rings. The average Bonchev–Trinajstić information content (AvgIpc) is 3.16. The van der Waals surface area contributed by atoms with Gasteiger partial charge in [-0.1, -0.05) is 18.2 Å². The summed E-state index contributed by atoms with van der Waals surface area (Å²) in [6.07, 6.45) is 4.22. The molecule has 1 aliphatic heterocycles. The number of hydrogen-bond donors (Lipinski definition) is 1. The molecule has 1 N–H and O–H groups in total. The van der Waals surface area contributed by atoms with Gasteiger partial charge in [-0.2, -0.15) is 5.10 Å². The van der Waals surface area contributed by atoms with Crippen LogP contribution in [0, 0.1) is 0 Å². The zero-order valence-electron chi connectivity index (χ0n) is 11.5. The SMILES string of the molecule is Cn1nc(C2CCCN2)cc1-c1coc2ccccc12. The summed E-state index contributed by atoms with van der Waals surface area (Å²) >= 11 is 0. The van der Waals surface area contributed by atoms with E-state index in [1.54, 1.807) is 0 Å². The van der Waals surface area contributed by atoms with Gasteiger partial charge in [-0.25, -0.2) is 0 Å². The second kappa shape index (κ2) is 4.49. The van der Waals surface area contributed by atoms with Gasteiger partial charge in [-0.05, 0) is 31.5 Å². The minimum absolute atomic E-state index is 0.396. The second-order valence-corrected chi connectivity index (χ2v) is 5.37. The smallest absolute Gasteiger partial charge is 0.134 e. The summed E-state index contributed by atoms with van der Waals surface area (Å²) in [5.41, 5.74) is 4.27. The van der Waals surface area contributed by atoms with Crippen LogP contribution >= 0.6 is 0 Å². The van der Waals surface area contributed by atoms with E-state index in [4.69, 9.17) is 4.42 Å². The fourth-order valence-electron chi connectivity index (χ4n) is 3.02. The van der Waals surface area contributed by atoms with Crippen molar-refractivity contribution < 1.29 is 4.42 Å². The van der Waals surface area contributed by atoms with Crippen LogP contribution in [0.4, 0.5) is 0 Å². The van der Waals surface area contributed by atoms with Gasteiger partial charge in [0.2, 0.25) is 0 Å². The Bertz CT molecular complexity index is 750. The molecule has 4 rings (SSSR count). The van der Waals surface area contributed by atoms with E-state index in [0.29, 0.717) is 6.04 Å². The number of hydrogen-bond acceptors (Lipinski definition) is 3. The summed E-state index contributed by atoms with van der Waals surface area (Å²) in [5, 5.41) is 9.30. The average molecular weight is 267 g/mol. The lowest BCUT2D eigenvalue weighted by molar-refractivity contribution is 0.606. The first-order valence-corrected chi connectivity index (χ1v) is 7.07. The van der Waals surface area contributed by atoms with Crippen LogP contribution in [-0.4, -0.2) is 16.3 Å². The van der Waals surface area contributed by atoms with Crippen LogP contribution in [0.2, 0.25) is 0 Å². The zero-order valence-corrected chi connectivity index (χ0v) is 11.5. The molecular formula is C16H17N3O. The molecule has 4 heteroatoms. The van der Waals surface area contributed by atoms with Crippen molar-refractivity contribution in [3.63, 3.8) is 0 Å². The van der Waals surface area contributed by atoms with Gasteiger partial charge in [0.1, 0.15) is 11.8 Å². The third-order valence-corrected chi connectivity index (χ3v) is 4.07. The zero-order chi connectivity index (χ0) is 13.5. The highest BCUT2D eigenvalue weighted by atomic mass is 16.3. The van der Waals surface area contributed by atoms with Crippen LogP contribution in [0.3, 0.4) is 0 Å². The number of aryl methyl sites for hydroxylation is 1. The van der Waals surface area contributed by atoms with Crippen LogP contribution < -0.4 is 5.32 Å². The summed E-state index contributed by atoms with van der Waals surface area (Å²) in [5.74, 6) is 0. The van der Waals surface area contributed by atoms with Crippen molar-refractivity contribution in [1.82, 2.24) is 15.1 Å². The van der Waals surface area contributed by atoms with E-state index in [2.05, 4.69) is 22.5 Å². The van der Waals surface area contributed by atoms with Gasteiger partial charge >= 0.3 is 0 Å². The minimum atomic E-state index is 0.396. The monoisotopic (exact) mass is 267 g/mol.